The molecule has 0 aromatic carbocycles. The number of hydrogen-bond donors (Lipinski definition) is 0. The minimum Gasteiger partial charge on any atom is -0.0968 e. The van der Waals surface area contributed by atoms with Crippen molar-refractivity contribution in [2.45, 2.75) is 142 Å². The fraction of sp³-hybridized carbons (Fsp3) is 0.885. The van der Waals surface area contributed by atoms with Gasteiger partial charge in [-0.15, -0.1) is 0 Å². The Morgan fingerprint density at radius 1 is 0.536 bits per heavy atom. The van der Waals surface area contributed by atoms with Crippen LogP contribution in [-0.4, -0.2) is 12.4 Å². The van der Waals surface area contributed by atoms with Crippen molar-refractivity contribution in [2.75, 3.05) is 0 Å². The molecule has 2 nitrogen and oxygen atoms in total. The smallest absolute Gasteiger partial charge is 0.0968 e. The lowest BCUT2D eigenvalue weighted by atomic mass is 9.89. The Kier molecular flexibility index (Phi) is 17.6. The van der Waals surface area contributed by atoms with Crippen LogP contribution in [0.5, 0.6) is 0 Å². The van der Waals surface area contributed by atoms with Crippen LogP contribution in [0.2, 0.25) is 0 Å². The molecule has 1 unspecified atom stereocenters. The van der Waals surface area contributed by atoms with Gasteiger partial charge in [-0.1, -0.05) is 133 Å². The molecule has 28 heavy (non-hydrogen) atoms. The molecule has 2 heteroatoms. The highest BCUT2D eigenvalue weighted by Gasteiger charge is 2.16. The summed E-state index contributed by atoms with van der Waals surface area (Å²) in [5, 5.41) is 0. The summed E-state index contributed by atoms with van der Waals surface area (Å²) in [6.07, 6.45) is 32.8. The van der Waals surface area contributed by atoms with Crippen molar-refractivity contribution >= 4 is 12.4 Å². The normalized spacial score (nSPS) is 14.3. The lowest BCUT2D eigenvalue weighted by Crippen LogP contribution is -2.02. The second-order valence-corrected chi connectivity index (χ2v) is 8.90. The van der Waals surface area contributed by atoms with Crippen LogP contribution in [0.15, 0.2) is 9.98 Å². The zero-order valence-corrected chi connectivity index (χ0v) is 19.3. The molecular formula is C26H49N2+. The lowest BCUT2D eigenvalue weighted by Gasteiger charge is -2.16. The molecule has 0 N–H and O–H groups in total. The van der Waals surface area contributed by atoms with E-state index in [-0.39, 0.29) is 0 Å². The average molecular weight is 390 g/mol. The van der Waals surface area contributed by atoms with Crippen LogP contribution in [0, 0.1) is 12.1 Å². The quantitative estimate of drug-likeness (QED) is 0.138. The number of hydrogen-bond acceptors (Lipinski definition) is 2. The SMILES string of the molecule is CCCCCCCCCCCC(CCCCCCCC)CCC[C+]1N=CC=N1. The van der Waals surface area contributed by atoms with Crippen LogP contribution >= 0.6 is 0 Å². The zero-order chi connectivity index (χ0) is 20.1. The maximum Gasteiger partial charge on any atom is 0.240 e. The standard InChI is InChI=1S/C26H49N2/c1-3-5-7-9-11-12-13-15-17-20-25(19-16-14-10-8-6-4-2)21-18-22-26-27-23-24-28-26/h23-25H,3-22H2,1-2H3/q+1. The summed E-state index contributed by atoms with van der Waals surface area (Å²) in [5.41, 5.74) is 0. The summed E-state index contributed by atoms with van der Waals surface area (Å²) in [6.45, 7) is 4.60. The number of rotatable bonds is 21. The molecule has 0 spiro atoms. The van der Waals surface area contributed by atoms with E-state index in [2.05, 4.69) is 23.8 Å². The van der Waals surface area contributed by atoms with E-state index in [9.17, 15) is 0 Å². The Hall–Kier alpha value is -0.790. The summed E-state index contributed by atoms with van der Waals surface area (Å²) >= 11 is 0. The molecule has 0 aromatic heterocycles. The van der Waals surface area contributed by atoms with E-state index >= 15 is 0 Å². The number of unbranched alkanes of at least 4 members (excludes halogenated alkanes) is 13. The van der Waals surface area contributed by atoms with Crippen LogP contribution in [0.3, 0.4) is 0 Å². The van der Waals surface area contributed by atoms with Gasteiger partial charge in [-0.05, 0) is 18.8 Å². The van der Waals surface area contributed by atoms with Gasteiger partial charge in [0.2, 0.25) is 6.17 Å². The molecule has 0 fully saturated rings. The van der Waals surface area contributed by atoms with Gasteiger partial charge in [-0.25, -0.2) is 0 Å². The summed E-state index contributed by atoms with van der Waals surface area (Å²) in [4.78, 5) is 8.66. The first kappa shape index (κ1) is 25.2. The maximum absolute atomic E-state index is 4.33. The molecule has 0 aromatic rings. The second kappa shape index (κ2) is 19.5. The molecule has 0 amide bonds. The van der Waals surface area contributed by atoms with Crippen LogP contribution in [0.4, 0.5) is 0 Å². The van der Waals surface area contributed by atoms with E-state index in [1.54, 1.807) is 0 Å². The van der Waals surface area contributed by atoms with Crippen LogP contribution in [0.1, 0.15) is 142 Å². The van der Waals surface area contributed by atoms with Gasteiger partial charge >= 0.3 is 0 Å². The molecular weight excluding hydrogens is 340 g/mol. The van der Waals surface area contributed by atoms with Crippen LogP contribution in [0.25, 0.3) is 0 Å². The summed E-state index contributed by atoms with van der Waals surface area (Å²) in [7, 11) is 0. The molecule has 0 aliphatic carbocycles. The van der Waals surface area contributed by atoms with Crippen molar-refractivity contribution in [2.24, 2.45) is 15.9 Å². The predicted octanol–water partition coefficient (Wildman–Crippen LogP) is 9.09. The van der Waals surface area contributed by atoms with Crippen molar-refractivity contribution < 1.29 is 0 Å². The van der Waals surface area contributed by atoms with Gasteiger partial charge in [0.05, 0.1) is 6.42 Å². The van der Waals surface area contributed by atoms with E-state index in [1.165, 1.54) is 122 Å². The third-order valence-electron chi connectivity index (χ3n) is 6.21. The van der Waals surface area contributed by atoms with Crippen LogP contribution in [-0.2, 0) is 0 Å². The van der Waals surface area contributed by atoms with E-state index in [0.717, 1.165) is 18.5 Å². The molecule has 1 aliphatic rings. The first-order chi connectivity index (χ1) is 13.9. The highest BCUT2D eigenvalue weighted by molar-refractivity contribution is 6.18. The van der Waals surface area contributed by atoms with E-state index in [4.69, 9.17) is 0 Å². The Morgan fingerprint density at radius 2 is 0.929 bits per heavy atom. The molecule has 0 saturated carbocycles. The average Bonchev–Trinajstić information content (AvgIpc) is 3.22. The monoisotopic (exact) mass is 389 g/mol. The minimum absolute atomic E-state index is 0.936. The van der Waals surface area contributed by atoms with Crippen molar-refractivity contribution in [1.29, 1.82) is 0 Å². The number of nitrogens with zero attached hydrogens (tertiary/aromatic N) is 2. The van der Waals surface area contributed by atoms with Gasteiger partial charge in [0.1, 0.15) is 0 Å². The highest BCUT2D eigenvalue weighted by Crippen LogP contribution is 2.26. The predicted molar refractivity (Wildman–Crippen MR) is 127 cm³/mol. The molecule has 1 rings (SSSR count). The third kappa shape index (κ3) is 15.2. The fourth-order valence-corrected chi connectivity index (χ4v) is 4.34. The Labute approximate surface area is 177 Å². The zero-order valence-electron chi connectivity index (χ0n) is 19.3. The lowest BCUT2D eigenvalue weighted by molar-refractivity contribution is 0.369. The minimum atomic E-state index is 0.936. The fourth-order valence-electron chi connectivity index (χ4n) is 4.34. The molecule has 0 bridgehead atoms. The topological polar surface area (TPSA) is 24.7 Å². The third-order valence-corrected chi connectivity index (χ3v) is 6.21. The van der Waals surface area contributed by atoms with Gasteiger partial charge in [0.25, 0.3) is 0 Å². The van der Waals surface area contributed by atoms with E-state index in [1.807, 2.05) is 12.4 Å². The Balaban J connectivity index is 2.09. The summed E-state index contributed by atoms with van der Waals surface area (Å²) < 4.78 is 0. The van der Waals surface area contributed by atoms with Crippen molar-refractivity contribution in [3.05, 3.63) is 6.17 Å². The first-order valence-electron chi connectivity index (χ1n) is 12.8. The molecule has 1 aliphatic heterocycles. The molecule has 0 saturated heterocycles. The van der Waals surface area contributed by atoms with Gasteiger partial charge in [-0.3, -0.25) is 0 Å². The van der Waals surface area contributed by atoms with E-state index < -0.39 is 0 Å². The van der Waals surface area contributed by atoms with Crippen molar-refractivity contribution in [3.63, 3.8) is 0 Å². The largest absolute Gasteiger partial charge is 0.240 e. The highest BCUT2D eigenvalue weighted by atomic mass is 15.0. The number of aliphatic imine (C=N–C) groups is 2. The maximum atomic E-state index is 4.33. The van der Waals surface area contributed by atoms with Crippen molar-refractivity contribution in [3.8, 4) is 0 Å². The Morgan fingerprint density at radius 3 is 1.39 bits per heavy atom. The summed E-state index contributed by atoms with van der Waals surface area (Å²) in [6, 6.07) is 0. The first-order valence-corrected chi connectivity index (χ1v) is 12.8. The molecule has 1 heterocycles. The molecule has 162 valence electrons. The van der Waals surface area contributed by atoms with Gasteiger partial charge in [0.15, 0.2) is 12.4 Å². The van der Waals surface area contributed by atoms with E-state index in [0.29, 0.717) is 0 Å². The van der Waals surface area contributed by atoms with Crippen molar-refractivity contribution in [1.82, 2.24) is 0 Å². The molecule has 0 radical (unpaired) electrons. The summed E-state index contributed by atoms with van der Waals surface area (Å²) in [5.74, 6) is 0.936. The Bertz CT molecular complexity index is 363. The van der Waals surface area contributed by atoms with Gasteiger partial charge in [-0.2, -0.15) is 0 Å². The van der Waals surface area contributed by atoms with Crippen LogP contribution < -0.4 is 0 Å². The van der Waals surface area contributed by atoms with Gasteiger partial charge in [0, 0.05) is 0 Å². The second-order valence-electron chi connectivity index (χ2n) is 8.90. The van der Waals surface area contributed by atoms with Gasteiger partial charge < -0.3 is 0 Å². The molecule has 1 atom stereocenters.